The molecule has 0 saturated carbocycles. The average molecular weight is 405 g/mol. The first kappa shape index (κ1) is 20.9. The third-order valence-electron chi connectivity index (χ3n) is 4.03. The minimum Gasteiger partial charge on any atom is -0.482 e. The van der Waals surface area contributed by atoms with Crippen molar-refractivity contribution in [1.82, 2.24) is 9.97 Å². The van der Waals surface area contributed by atoms with Gasteiger partial charge in [0.2, 0.25) is 5.60 Å². The van der Waals surface area contributed by atoms with Crippen molar-refractivity contribution in [1.29, 1.82) is 0 Å². The minimum absolute atomic E-state index is 0.0125. The maximum Gasteiger partial charge on any atom is 0.423 e. The Kier molecular flexibility index (Phi) is 5.96. The van der Waals surface area contributed by atoms with Crippen molar-refractivity contribution in [2.75, 3.05) is 6.61 Å². The van der Waals surface area contributed by atoms with Gasteiger partial charge >= 0.3 is 12.1 Å². The van der Waals surface area contributed by atoms with Crippen LogP contribution >= 0.6 is 11.6 Å². The molecule has 0 saturated heterocycles. The van der Waals surface area contributed by atoms with Gasteiger partial charge in [0, 0.05) is 17.1 Å². The Morgan fingerprint density at radius 2 is 1.96 bits per heavy atom. The molecule has 0 spiro atoms. The number of carbonyl (C=O) groups is 1. The number of ether oxygens (including phenoxy) is 1. The van der Waals surface area contributed by atoms with Crippen molar-refractivity contribution in [3.8, 4) is 5.75 Å². The Morgan fingerprint density at radius 3 is 2.44 bits per heavy atom. The van der Waals surface area contributed by atoms with Crippen LogP contribution in [0.2, 0.25) is 5.02 Å². The second-order valence-corrected chi connectivity index (χ2v) is 6.30. The van der Waals surface area contributed by atoms with Crippen molar-refractivity contribution in [3.63, 3.8) is 0 Å². The molecule has 2 aromatic rings. The minimum atomic E-state index is -5.06. The normalized spacial score (nSPS) is 15.1. The standard InChI is InChI=1S/C17H16ClF3N2O4/c1-9-6-23-14(7-22-9)16(26,17(19,20)21)10(2)12-4-3-11(5-13(12)18)27-8-15(24)25/h3-7,10,26H,8H2,1-2H3,(H,24,25). The maximum atomic E-state index is 13.8. The van der Waals surface area contributed by atoms with Crippen molar-refractivity contribution in [2.45, 2.75) is 31.5 Å². The summed E-state index contributed by atoms with van der Waals surface area (Å²) in [5.41, 5.74) is -3.60. The van der Waals surface area contributed by atoms with E-state index in [4.69, 9.17) is 21.4 Å². The highest BCUT2D eigenvalue weighted by atomic mass is 35.5. The zero-order valence-corrected chi connectivity index (χ0v) is 15.0. The van der Waals surface area contributed by atoms with Crippen LogP contribution < -0.4 is 4.74 Å². The molecule has 1 heterocycles. The second kappa shape index (κ2) is 7.69. The number of hydrogen-bond donors (Lipinski definition) is 2. The summed E-state index contributed by atoms with van der Waals surface area (Å²) >= 11 is 6.07. The number of aryl methyl sites for hydroxylation is 1. The fourth-order valence-electron chi connectivity index (χ4n) is 2.52. The van der Waals surface area contributed by atoms with E-state index in [0.717, 1.165) is 19.3 Å². The van der Waals surface area contributed by atoms with Gasteiger partial charge in [0.15, 0.2) is 6.61 Å². The summed E-state index contributed by atoms with van der Waals surface area (Å²) < 4.78 is 46.3. The van der Waals surface area contributed by atoms with Gasteiger partial charge in [-0.2, -0.15) is 13.2 Å². The number of carboxylic acids is 1. The highest BCUT2D eigenvalue weighted by molar-refractivity contribution is 6.31. The first-order valence-corrected chi connectivity index (χ1v) is 8.07. The largest absolute Gasteiger partial charge is 0.482 e. The van der Waals surface area contributed by atoms with Crippen LogP contribution in [0, 0.1) is 6.92 Å². The Balaban J connectivity index is 2.45. The van der Waals surface area contributed by atoms with Gasteiger partial charge in [-0.25, -0.2) is 4.79 Å². The van der Waals surface area contributed by atoms with Crippen LogP contribution in [0.3, 0.4) is 0 Å². The fourth-order valence-corrected chi connectivity index (χ4v) is 2.86. The van der Waals surface area contributed by atoms with Crippen LogP contribution in [0.1, 0.15) is 29.8 Å². The van der Waals surface area contributed by atoms with E-state index in [2.05, 4.69) is 9.97 Å². The monoisotopic (exact) mass is 404 g/mol. The number of benzene rings is 1. The highest BCUT2D eigenvalue weighted by Gasteiger charge is 2.60. The molecular weight excluding hydrogens is 389 g/mol. The lowest BCUT2D eigenvalue weighted by Crippen LogP contribution is -2.47. The number of aromatic nitrogens is 2. The molecule has 0 amide bonds. The first-order valence-electron chi connectivity index (χ1n) is 7.69. The predicted molar refractivity (Wildman–Crippen MR) is 89.7 cm³/mol. The van der Waals surface area contributed by atoms with Crippen molar-refractivity contribution >= 4 is 17.6 Å². The number of carboxylic acid groups (broad SMARTS) is 1. The molecule has 10 heteroatoms. The molecule has 0 aliphatic heterocycles. The zero-order chi connectivity index (χ0) is 20.4. The Morgan fingerprint density at radius 1 is 1.30 bits per heavy atom. The lowest BCUT2D eigenvalue weighted by atomic mass is 9.80. The molecular formula is C17H16ClF3N2O4. The van der Waals surface area contributed by atoms with Gasteiger partial charge in [0.25, 0.3) is 0 Å². The second-order valence-electron chi connectivity index (χ2n) is 5.89. The van der Waals surface area contributed by atoms with E-state index >= 15 is 0 Å². The molecule has 1 aromatic heterocycles. The van der Waals surface area contributed by atoms with Crippen LogP contribution in [-0.2, 0) is 10.4 Å². The summed E-state index contributed by atoms with van der Waals surface area (Å²) in [6.07, 6.45) is -3.06. The molecule has 2 atom stereocenters. The summed E-state index contributed by atoms with van der Waals surface area (Å²) in [5.74, 6) is -2.67. The predicted octanol–water partition coefficient (Wildman–Crippen LogP) is 3.46. The molecule has 0 radical (unpaired) electrons. The van der Waals surface area contributed by atoms with E-state index < -0.39 is 36.0 Å². The van der Waals surface area contributed by atoms with Crippen LogP contribution in [0.4, 0.5) is 13.2 Å². The number of rotatable bonds is 6. The SMILES string of the molecule is Cc1cnc(C(O)(C(C)c2ccc(OCC(=O)O)cc2Cl)C(F)(F)F)cn1. The molecule has 6 nitrogen and oxygen atoms in total. The van der Waals surface area contributed by atoms with Crippen molar-refractivity contribution in [3.05, 3.63) is 52.6 Å². The number of alkyl halides is 3. The topological polar surface area (TPSA) is 92.5 Å². The van der Waals surface area contributed by atoms with Gasteiger partial charge in [-0.1, -0.05) is 24.6 Å². The van der Waals surface area contributed by atoms with Gasteiger partial charge in [-0.15, -0.1) is 0 Å². The molecule has 2 rings (SSSR count). The first-order chi connectivity index (χ1) is 12.5. The summed E-state index contributed by atoms with van der Waals surface area (Å²) in [4.78, 5) is 18.0. The highest BCUT2D eigenvalue weighted by Crippen LogP contribution is 2.49. The number of aliphatic hydroxyl groups is 1. The number of hydrogen-bond acceptors (Lipinski definition) is 5. The Bertz CT molecular complexity index is 830. The number of halogens is 4. The maximum absolute atomic E-state index is 13.8. The third kappa shape index (κ3) is 4.30. The molecule has 0 fully saturated rings. The summed E-state index contributed by atoms with van der Waals surface area (Å²) in [5, 5.41) is 19.1. The molecule has 2 unspecified atom stereocenters. The molecule has 146 valence electrons. The van der Waals surface area contributed by atoms with E-state index in [1.807, 2.05) is 0 Å². The van der Waals surface area contributed by atoms with Gasteiger partial charge in [-0.05, 0) is 24.6 Å². The smallest absolute Gasteiger partial charge is 0.423 e. The zero-order valence-electron chi connectivity index (χ0n) is 14.3. The Hall–Kier alpha value is -2.39. The molecule has 0 aliphatic carbocycles. The Labute approximate surface area is 157 Å². The van der Waals surface area contributed by atoms with E-state index in [-0.39, 0.29) is 16.3 Å². The third-order valence-corrected chi connectivity index (χ3v) is 4.36. The van der Waals surface area contributed by atoms with Gasteiger partial charge in [0.1, 0.15) is 11.4 Å². The van der Waals surface area contributed by atoms with Crippen molar-refractivity contribution in [2.24, 2.45) is 0 Å². The number of nitrogens with zero attached hydrogens (tertiary/aromatic N) is 2. The molecule has 1 aromatic carbocycles. The van der Waals surface area contributed by atoms with Gasteiger partial charge in [-0.3, -0.25) is 9.97 Å². The lowest BCUT2D eigenvalue weighted by Gasteiger charge is -2.35. The molecule has 0 bridgehead atoms. The molecule has 0 aliphatic rings. The van der Waals surface area contributed by atoms with E-state index in [1.54, 1.807) is 6.92 Å². The van der Waals surface area contributed by atoms with Gasteiger partial charge in [0.05, 0.1) is 11.9 Å². The fraction of sp³-hybridized carbons (Fsp3) is 0.353. The summed E-state index contributed by atoms with van der Waals surface area (Å²) in [6, 6.07) is 3.70. The molecule has 2 N–H and O–H groups in total. The van der Waals surface area contributed by atoms with Crippen molar-refractivity contribution < 1.29 is 32.9 Å². The van der Waals surface area contributed by atoms with E-state index in [0.29, 0.717) is 5.69 Å². The molecule has 27 heavy (non-hydrogen) atoms. The lowest BCUT2D eigenvalue weighted by molar-refractivity contribution is -0.276. The quantitative estimate of drug-likeness (QED) is 0.766. The van der Waals surface area contributed by atoms with Gasteiger partial charge < -0.3 is 14.9 Å². The van der Waals surface area contributed by atoms with Crippen LogP contribution in [0.5, 0.6) is 5.75 Å². The van der Waals surface area contributed by atoms with E-state index in [9.17, 15) is 23.1 Å². The average Bonchev–Trinajstić information content (AvgIpc) is 2.58. The van der Waals surface area contributed by atoms with Crippen LogP contribution in [-0.4, -0.2) is 38.9 Å². The summed E-state index contributed by atoms with van der Waals surface area (Å²) in [7, 11) is 0. The summed E-state index contributed by atoms with van der Waals surface area (Å²) in [6.45, 7) is 2.09. The van der Waals surface area contributed by atoms with Crippen LogP contribution in [0.15, 0.2) is 30.6 Å². The number of aliphatic carboxylic acids is 1. The van der Waals surface area contributed by atoms with E-state index in [1.165, 1.54) is 18.2 Å². The van der Waals surface area contributed by atoms with Crippen LogP contribution in [0.25, 0.3) is 0 Å².